The molecule has 0 bridgehead atoms. The predicted octanol–water partition coefficient (Wildman–Crippen LogP) is 3.06. The van der Waals surface area contributed by atoms with Crippen LogP contribution in [0.2, 0.25) is 0 Å². The summed E-state index contributed by atoms with van der Waals surface area (Å²) in [6, 6.07) is 8.38. The lowest BCUT2D eigenvalue weighted by molar-refractivity contribution is 0.172. The van der Waals surface area contributed by atoms with E-state index in [4.69, 9.17) is 10.5 Å². The van der Waals surface area contributed by atoms with Crippen molar-refractivity contribution in [2.45, 2.75) is 33.7 Å². The summed E-state index contributed by atoms with van der Waals surface area (Å²) in [5, 5.41) is 0. The van der Waals surface area contributed by atoms with E-state index in [2.05, 4.69) is 38.8 Å². The molecule has 1 aromatic rings. The van der Waals surface area contributed by atoms with Gasteiger partial charge in [-0.05, 0) is 25.5 Å². The maximum atomic E-state index is 5.99. The molecule has 0 aliphatic heterocycles. The normalized spacial score (nSPS) is 13.6. The Morgan fingerprint density at radius 3 is 2.42 bits per heavy atom. The lowest BCUT2D eigenvalue weighted by Crippen LogP contribution is -2.36. The second-order valence-corrected chi connectivity index (χ2v) is 6.20. The van der Waals surface area contributed by atoms with Gasteiger partial charge in [0.05, 0.1) is 12.6 Å². The van der Waals surface area contributed by atoms with Crippen LogP contribution in [0, 0.1) is 5.41 Å². The average molecular weight is 264 g/mol. The average Bonchev–Trinajstić information content (AvgIpc) is 2.30. The summed E-state index contributed by atoms with van der Waals surface area (Å²) in [5.74, 6) is 0.946. The Morgan fingerprint density at radius 1 is 1.26 bits per heavy atom. The predicted molar refractivity (Wildman–Crippen MR) is 81.5 cm³/mol. The topological polar surface area (TPSA) is 38.5 Å². The molecule has 0 aromatic heterocycles. The molecule has 0 saturated heterocycles. The van der Waals surface area contributed by atoms with E-state index < -0.39 is 0 Å². The molecule has 1 atom stereocenters. The second kappa shape index (κ2) is 6.92. The first-order chi connectivity index (χ1) is 8.89. The summed E-state index contributed by atoms with van der Waals surface area (Å²) in [6.45, 7) is 11.0. The molecule has 0 saturated carbocycles. The van der Waals surface area contributed by atoms with Crippen molar-refractivity contribution in [3.05, 3.63) is 29.8 Å². The fourth-order valence-corrected chi connectivity index (χ4v) is 2.45. The molecular weight excluding hydrogens is 236 g/mol. The molecule has 0 amide bonds. The fourth-order valence-electron chi connectivity index (χ4n) is 2.45. The standard InChI is InChI=1S/C16H28N2O/c1-6-19-15-10-8-7-9-13(15)14(11-17)18(5)12-16(2,3)4/h7-10,14H,6,11-12,17H2,1-5H3. The van der Waals surface area contributed by atoms with Crippen LogP contribution in [0.25, 0.3) is 0 Å². The van der Waals surface area contributed by atoms with Crippen LogP contribution in [0.15, 0.2) is 24.3 Å². The van der Waals surface area contributed by atoms with E-state index in [1.165, 1.54) is 5.56 Å². The third kappa shape index (κ3) is 4.84. The van der Waals surface area contributed by atoms with E-state index in [0.29, 0.717) is 13.2 Å². The van der Waals surface area contributed by atoms with Crippen molar-refractivity contribution in [1.29, 1.82) is 0 Å². The van der Waals surface area contributed by atoms with Crippen LogP contribution in [0.3, 0.4) is 0 Å². The maximum Gasteiger partial charge on any atom is 0.124 e. The maximum absolute atomic E-state index is 5.99. The smallest absolute Gasteiger partial charge is 0.124 e. The van der Waals surface area contributed by atoms with Crippen molar-refractivity contribution >= 4 is 0 Å². The van der Waals surface area contributed by atoms with Crippen LogP contribution in [-0.4, -0.2) is 31.6 Å². The van der Waals surface area contributed by atoms with Crippen LogP contribution >= 0.6 is 0 Å². The van der Waals surface area contributed by atoms with E-state index in [-0.39, 0.29) is 11.5 Å². The Morgan fingerprint density at radius 2 is 1.89 bits per heavy atom. The summed E-state index contributed by atoms with van der Waals surface area (Å²) in [7, 11) is 2.13. The lowest BCUT2D eigenvalue weighted by atomic mass is 9.94. The van der Waals surface area contributed by atoms with Crippen molar-refractivity contribution in [3.63, 3.8) is 0 Å². The van der Waals surface area contributed by atoms with Gasteiger partial charge in [0.2, 0.25) is 0 Å². The second-order valence-electron chi connectivity index (χ2n) is 6.20. The highest BCUT2D eigenvalue weighted by molar-refractivity contribution is 5.36. The zero-order chi connectivity index (χ0) is 14.5. The number of nitrogens with two attached hydrogens (primary N) is 1. The summed E-state index contributed by atoms with van der Waals surface area (Å²) < 4.78 is 5.72. The molecule has 3 heteroatoms. The molecule has 3 nitrogen and oxygen atoms in total. The van der Waals surface area contributed by atoms with Crippen LogP contribution in [-0.2, 0) is 0 Å². The Bertz CT molecular complexity index is 385. The summed E-state index contributed by atoms with van der Waals surface area (Å²) >= 11 is 0. The van der Waals surface area contributed by atoms with E-state index in [1.54, 1.807) is 0 Å². The number of hydrogen-bond donors (Lipinski definition) is 1. The minimum absolute atomic E-state index is 0.196. The molecule has 108 valence electrons. The Labute approximate surface area is 117 Å². The largest absolute Gasteiger partial charge is 0.494 e. The molecule has 0 spiro atoms. The van der Waals surface area contributed by atoms with Crippen molar-refractivity contribution in [3.8, 4) is 5.75 Å². The van der Waals surface area contributed by atoms with Gasteiger partial charge in [0.15, 0.2) is 0 Å². The van der Waals surface area contributed by atoms with Crippen LogP contribution in [0.5, 0.6) is 5.75 Å². The van der Waals surface area contributed by atoms with Gasteiger partial charge in [0.1, 0.15) is 5.75 Å². The minimum Gasteiger partial charge on any atom is -0.494 e. The van der Waals surface area contributed by atoms with Crippen LogP contribution < -0.4 is 10.5 Å². The molecule has 2 N–H and O–H groups in total. The number of hydrogen-bond acceptors (Lipinski definition) is 3. The van der Waals surface area contributed by atoms with Gasteiger partial charge >= 0.3 is 0 Å². The summed E-state index contributed by atoms with van der Waals surface area (Å²) in [5.41, 5.74) is 7.42. The number of benzene rings is 1. The van der Waals surface area contributed by atoms with E-state index in [0.717, 1.165) is 12.3 Å². The number of ether oxygens (including phenoxy) is 1. The molecule has 0 heterocycles. The molecule has 1 rings (SSSR count). The van der Waals surface area contributed by atoms with Gasteiger partial charge < -0.3 is 10.5 Å². The van der Waals surface area contributed by atoms with Crippen molar-refractivity contribution < 1.29 is 4.74 Å². The first kappa shape index (κ1) is 16.0. The quantitative estimate of drug-likeness (QED) is 0.858. The molecule has 0 aliphatic rings. The molecule has 1 aromatic carbocycles. The highest BCUT2D eigenvalue weighted by atomic mass is 16.5. The summed E-state index contributed by atoms with van der Waals surface area (Å²) in [4.78, 5) is 2.32. The molecule has 0 aliphatic carbocycles. The monoisotopic (exact) mass is 264 g/mol. The van der Waals surface area contributed by atoms with Gasteiger partial charge in [-0.2, -0.15) is 0 Å². The lowest BCUT2D eigenvalue weighted by Gasteiger charge is -2.33. The number of para-hydroxylation sites is 1. The van der Waals surface area contributed by atoms with E-state index >= 15 is 0 Å². The zero-order valence-electron chi connectivity index (χ0n) is 12.9. The van der Waals surface area contributed by atoms with Gasteiger partial charge in [0.25, 0.3) is 0 Å². The molecule has 19 heavy (non-hydrogen) atoms. The Kier molecular flexibility index (Phi) is 5.83. The van der Waals surface area contributed by atoms with Gasteiger partial charge in [-0.1, -0.05) is 39.0 Å². The van der Waals surface area contributed by atoms with Gasteiger partial charge in [-0.15, -0.1) is 0 Å². The number of likely N-dealkylation sites (N-methyl/N-ethyl adjacent to an activating group) is 1. The first-order valence-corrected chi connectivity index (χ1v) is 7.01. The third-order valence-corrected chi connectivity index (χ3v) is 3.06. The fraction of sp³-hybridized carbons (Fsp3) is 0.625. The van der Waals surface area contributed by atoms with Gasteiger partial charge in [0, 0.05) is 18.7 Å². The zero-order valence-corrected chi connectivity index (χ0v) is 12.9. The highest BCUT2D eigenvalue weighted by Gasteiger charge is 2.23. The Balaban J connectivity index is 2.96. The minimum atomic E-state index is 0.196. The number of nitrogens with zero attached hydrogens (tertiary/aromatic N) is 1. The SMILES string of the molecule is CCOc1ccccc1C(CN)N(C)CC(C)(C)C. The molecule has 0 radical (unpaired) electrons. The Hall–Kier alpha value is -1.06. The van der Waals surface area contributed by atoms with Crippen LogP contribution in [0.4, 0.5) is 0 Å². The number of rotatable bonds is 6. The molecular formula is C16H28N2O. The highest BCUT2D eigenvalue weighted by Crippen LogP contribution is 2.30. The molecule has 0 fully saturated rings. The van der Waals surface area contributed by atoms with Crippen molar-refractivity contribution in [1.82, 2.24) is 4.90 Å². The van der Waals surface area contributed by atoms with Gasteiger partial charge in [-0.25, -0.2) is 0 Å². The van der Waals surface area contributed by atoms with Crippen molar-refractivity contribution in [2.24, 2.45) is 11.1 Å². The van der Waals surface area contributed by atoms with E-state index in [9.17, 15) is 0 Å². The third-order valence-electron chi connectivity index (χ3n) is 3.06. The van der Waals surface area contributed by atoms with Gasteiger partial charge in [-0.3, -0.25) is 4.90 Å². The van der Waals surface area contributed by atoms with Crippen molar-refractivity contribution in [2.75, 3.05) is 26.7 Å². The first-order valence-electron chi connectivity index (χ1n) is 7.01. The van der Waals surface area contributed by atoms with Crippen LogP contribution in [0.1, 0.15) is 39.3 Å². The summed E-state index contributed by atoms with van der Waals surface area (Å²) in [6.07, 6.45) is 0. The molecule has 1 unspecified atom stereocenters. The van der Waals surface area contributed by atoms with E-state index in [1.807, 2.05) is 25.1 Å².